The second-order valence-electron chi connectivity index (χ2n) is 6.79. The number of benzene rings is 2. The number of hydrogen-bond donors (Lipinski definition) is 0. The average molecular weight is 383 g/mol. The van der Waals surface area contributed by atoms with Crippen molar-refractivity contribution in [1.82, 2.24) is 0 Å². The van der Waals surface area contributed by atoms with Crippen molar-refractivity contribution in [3.8, 4) is 0 Å². The molecule has 0 heterocycles. The van der Waals surface area contributed by atoms with Gasteiger partial charge >= 0.3 is 0 Å². The van der Waals surface area contributed by atoms with Crippen LogP contribution in [0.1, 0.15) is 78.2 Å². The van der Waals surface area contributed by atoms with Gasteiger partial charge in [-0.3, -0.25) is 19.2 Å². The number of rotatable bonds is 4. The first-order chi connectivity index (χ1) is 13.0. The van der Waals surface area contributed by atoms with Crippen molar-refractivity contribution in [2.45, 2.75) is 48.5 Å². The maximum Gasteiger partial charge on any atom is 0.160 e. The molecule has 0 aliphatic heterocycles. The van der Waals surface area contributed by atoms with Gasteiger partial charge in [0.2, 0.25) is 0 Å². The second kappa shape index (κ2) is 12.5. The van der Waals surface area contributed by atoms with Crippen molar-refractivity contribution in [3.63, 3.8) is 0 Å². The molecule has 2 rings (SSSR count). The van der Waals surface area contributed by atoms with Crippen LogP contribution >= 0.6 is 0 Å². The van der Waals surface area contributed by atoms with Crippen LogP contribution in [0, 0.1) is 12.8 Å². The monoisotopic (exact) mass is 382 g/mol. The van der Waals surface area contributed by atoms with E-state index in [1.165, 1.54) is 13.8 Å². The molecule has 0 atom stereocenters. The average Bonchev–Trinajstić information content (AvgIpc) is 2.62. The SMILES string of the molecule is CC(=O)C(C)C.CC(=O)c1ccccc1C.CC(=O)c1ccccc1C(C)=O. The Kier molecular flexibility index (Phi) is 11.2. The highest BCUT2D eigenvalue weighted by Crippen LogP contribution is 2.09. The van der Waals surface area contributed by atoms with Crippen LogP contribution in [0.2, 0.25) is 0 Å². The van der Waals surface area contributed by atoms with Crippen molar-refractivity contribution in [1.29, 1.82) is 0 Å². The van der Waals surface area contributed by atoms with Crippen LogP contribution < -0.4 is 0 Å². The molecule has 0 aliphatic rings. The van der Waals surface area contributed by atoms with Gasteiger partial charge < -0.3 is 0 Å². The first-order valence-electron chi connectivity index (χ1n) is 9.16. The first kappa shape index (κ1) is 25.1. The number of carbonyl (C=O) groups is 4. The van der Waals surface area contributed by atoms with Gasteiger partial charge in [-0.15, -0.1) is 0 Å². The van der Waals surface area contributed by atoms with Gasteiger partial charge in [0, 0.05) is 22.6 Å². The predicted molar refractivity (Wildman–Crippen MR) is 113 cm³/mol. The molecule has 0 saturated heterocycles. The molecule has 0 aliphatic carbocycles. The lowest BCUT2D eigenvalue weighted by Gasteiger charge is -2.00. The van der Waals surface area contributed by atoms with E-state index in [0.717, 1.165) is 11.1 Å². The van der Waals surface area contributed by atoms with Gasteiger partial charge in [0.1, 0.15) is 5.78 Å². The Morgan fingerprint density at radius 1 is 0.607 bits per heavy atom. The summed E-state index contributed by atoms with van der Waals surface area (Å²) in [6.45, 7) is 11.8. The molecular formula is C24H30O4. The maximum atomic E-state index is 11.0. The quantitative estimate of drug-likeness (QED) is 0.653. The van der Waals surface area contributed by atoms with Crippen LogP contribution in [-0.4, -0.2) is 23.1 Å². The summed E-state index contributed by atoms with van der Waals surface area (Å²) in [4.78, 5) is 43.0. The zero-order valence-corrected chi connectivity index (χ0v) is 17.8. The first-order valence-corrected chi connectivity index (χ1v) is 9.16. The minimum absolute atomic E-state index is 0.0687. The van der Waals surface area contributed by atoms with Crippen molar-refractivity contribution < 1.29 is 19.2 Å². The molecule has 0 aromatic heterocycles. The molecule has 2 aromatic carbocycles. The molecule has 2 aromatic rings. The lowest BCUT2D eigenvalue weighted by molar-refractivity contribution is -0.119. The number of ketones is 4. The molecule has 150 valence electrons. The second-order valence-corrected chi connectivity index (χ2v) is 6.79. The summed E-state index contributed by atoms with van der Waals surface area (Å²) in [6.07, 6.45) is 0. The zero-order chi connectivity index (χ0) is 21.9. The summed E-state index contributed by atoms with van der Waals surface area (Å²) in [7, 11) is 0. The van der Waals surface area contributed by atoms with Crippen LogP contribution in [0.3, 0.4) is 0 Å². The molecule has 0 bridgehead atoms. The summed E-state index contributed by atoms with van der Waals surface area (Å²) in [5.74, 6) is 0.472. The number of aryl methyl sites for hydroxylation is 1. The Labute approximate surface area is 168 Å². The largest absolute Gasteiger partial charge is 0.300 e. The Bertz CT molecular complexity index is 799. The number of hydrogen-bond acceptors (Lipinski definition) is 4. The summed E-state index contributed by atoms with van der Waals surface area (Å²) in [5.41, 5.74) is 2.88. The minimum Gasteiger partial charge on any atom is -0.300 e. The molecule has 0 amide bonds. The number of carbonyl (C=O) groups excluding carboxylic acids is 4. The lowest BCUT2D eigenvalue weighted by atomic mass is 10.0. The van der Waals surface area contributed by atoms with Gasteiger partial charge in [-0.1, -0.05) is 62.4 Å². The third-order valence-corrected chi connectivity index (χ3v) is 4.02. The fourth-order valence-electron chi connectivity index (χ4n) is 2.07. The van der Waals surface area contributed by atoms with Crippen LogP contribution in [0.15, 0.2) is 48.5 Å². The van der Waals surface area contributed by atoms with E-state index in [9.17, 15) is 19.2 Å². The highest BCUT2D eigenvalue weighted by Gasteiger charge is 2.08. The van der Waals surface area contributed by atoms with Crippen molar-refractivity contribution in [2.24, 2.45) is 5.92 Å². The molecule has 0 N–H and O–H groups in total. The fourth-order valence-corrected chi connectivity index (χ4v) is 2.07. The summed E-state index contributed by atoms with van der Waals surface area (Å²) < 4.78 is 0. The van der Waals surface area contributed by atoms with Gasteiger partial charge in [0.25, 0.3) is 0 Å². The van der Waals surface area contributed by atoms with Gasteiger partial charge in [-0.05, 0) is 40.2 Å². The molecule has 0 fully saturated rings. The molecule has 4 heteroatoms. The van der Waals surface area contributed by atoms with Crippen molar-refractivity contribution in [3.05, 3.63) is 70.8 Å². The minimum atomic E-state index is -0.0687. The van der Waals surface area contributed by atoms with Crippen LogP contribution in [0.4, 0.5) is 0 Å². The molecule has 28 heavy (non-hydrogen) atoms. The maximum absolute atomic E-state index is 11.0. The van der Waals surface area contributed by atoms with Gasteiger partial charge in [-0.2, -0.15) is 0 Å². The molecule has 0 radical (unpaired) electrons. The molecule has 4 nitrogen and oxygen atoms in total. The normalized spacial score (nSPS) is 9.43. The lowest BCUT2D eigenvalue weighted by Crippen LogP contribution is -2.02. The predicted octanol–water partition coefficient (Wildman–Crippen LogP) is 5.52. The molecule has 0 saturated carbocycles. The zero-order valence-electron chi connectivity index (χ0n) is 17.8. The Balaban J connectivity index is 0.000000414. The van der Waals surface area contributed by atoms with Crippen molar-refractivity contribution >= 4 is 23.1 Å². The van der Waals surface area contributed by atoms with Gasteiger partial charge in [0.05, 0.1) is 0 Å². The van der Waals surface area contributed by atoms with Crippen LogP contribution in [0.25, 0.3) is 0 Å². The van der Waals surface area contributed by atoms with Crippen molar-refractivity contribution in [2.75, 3.05) is 0 Å². The highest BCUT2D eigenvalue weighted by molar-refractivity contribution is 6.07. The van der Waals surface area contributed by atoms with Crippen LogP contribution in [0.5, 0.6) is 0 Å². The highest BCUT2D eigenvalue weighted by atomic mass is 16.1. The molecule has 0 unspecified atom stereocenters. The summed E-state index contributed by atoms with van der Waals surface area (Å²) in [5, 5.41) is 0. The van der Waals surface area contributed by atoms with E-state index >= 15 is 0 Å². The standard InChI is InChI=1S/C10H10O2.C9H10O.C5H10O/c1-7(11)9-5-3-4-6-10(9)8(2)12;1-7-5-3-4-6-9(7)8(2)10;1-4(2)5(3)6/h3-6H,1-2H3;3-6H,1-2H3;4H,1-3H3. The van der Waals surface area contributed by atoms with Gasteiger partial charge in [0.15, 0.2) is 17.3 Å². The molecule has 0 spiro atoms. The van der Waals surface area contributed by atoms with E-state index in [4.69, 9.17) is 0 Å². The summed E-state index contributed by atoms with van der Waals surface area (Å²) >= 11 is 0. The topological polar surface area (TPSA) is 68.3 Å². The third-order valence-electron chi connectivity index (χ3n) is 4.02. The van der Waals surface area contributed by atoms with E-state index in [0.29, 0.717) is 11.1 Å². The fraction of sp³-hybridized carbons (Fsp3) is 0.333. The van der Waals surface area contributed by atoms with E-state index in [2.05, 4.69) is 0 Å². The number of Topliss-reactive ketones (excluding diaryl/α,β-unsaturated/α-hetero) is 4. The van der Waals surface area contributed by atoms with E-state index in [-0.39, 0.29) is 29.1 Å². The van der Waals surface area contributed by atoms with E-state index in [1.54, 1.807) is 38.1 Å². The smallest absolute Gasteiger partial charge is 0.160 e. The van der Waals surface area contributed by atoms with Gasteiger partial charge in [-0.25, -0.2) is 0 Å². The van der Waals surface area contributed by atoms with E-state index in [1.807, 2.05) is 45.0 Å². The van der Waals surface area contributed by atoms with E-state index < -0.39 is 0 Å². The Morgan fingerprint density at radius 3 is 1.11 bits per heavy atom. The molecular weight excluding hydrogens is 352 g/mol. The Morgan fingerprint density at radius 2 is 0.893 bits per heavy atom. The van der Waals surface area contributed by atoms with Crippen LogP contribution in [-0.2, 0) is 4.79 Å². The summed E-state index contributed by atoms with van der Waals surface area (Å²) in [6, 6.07) is 14.4. The third kappa shape index (κ3) is 9.17. The Hall–Kier alpha value is -2.88.